The highest BCUT2D eigenvalue weighted by atomic mass is 32.1. The van der Waals surface area contributed by atoms with Gasteiger partial charge in [-0.3, -0.25) is 5.43 Å². The van der Waals surface area contributed by atoms with Gasteiger partial charge in [0.1, 0.15) is 18.2 Å². The molecule has 0 aliphatic rings. The van der Waals surface area contributed by atoms with Gasteiger partial charge in [-0.15, -0.1) is 0 Å². The summed E-state index contributed by atoms with van der Waals surface area (Å²) < 4.78 is 18.7. The van der Waals surface area contributed by atoms with Crippen LogP contribution < -0.4 is 15.5 Å². The molecule has 0 bridgehead atoms. The van der Waals surface area contributed by atoms with E-state index in [4.69, 9.17) is 17.0 Å². The summed E-state index contributed by atoms with van der Waals surface area (Å²) >= 11 is 5.00. The first-order chi connectivity index (χ1) is 11.2. The molecule has 0 aliphatic heterocycles. The van der Waals surface area contributed by atoms with Crippen molar-refractivity contribution < 1.29 is 9.13 Å². The summed E-state index contributed by atoms with van der Waals surface area (Å²) in [6.45, 7) is 3.03. The van der Waals surface area contributed by atoms with Gasteiger partial charge in [-0.05, 0) is 66.7 Å². The lowest BCUT2D eigenvalue weighted by Crippen LogP contribution is -2.31. The SMILES string of the molecule is CCNC(=S)NN=Cc1ccc(OCc2cccc(F)c2)cc1. The topological polar surface area (TPSA) is 45.7 Å². The largest absolute Gasteiger partial charge is 0.489 e. The molecule has 0 aromatic heterocycles. The van der Waals surface area contributed by atoms with Crippen molar-refractivity contribution in [2.45, 2.75) is 13.5 Å². The number of rotatable bonds is 6. The minimum absolute atomic E-state index is 0.263. The molecule has 0 fully saturated rings. The van der Waals surface area contributed by atoms with Crippen molar-refractivity contribution in [2.75, 3.05) is 6.54 Å². The molecule has 120 valence electrons. The molecule has 0 saturated heterocycles. The smallest absolute Gasteiger partial charge is 0.186 e. The van der Waals surface area contributed by atoms with Gasteiger partial charge in [0.05, 0.1) is 6.21 Å². The normalized spacial score (nSPS) is 10.5. The molecule has 0 aliphatic carbocycles. The second-order valence-electron chi connectivity index (χ2n) is 4.72. The molecule has 0 saturated carbocycles. The molecule has 0 amide bonds. The van der Waals surface area contributed by atoms with E-state index in [0.717, 1.165) is 17.7 Å². The van der Waals surface area contributed by atoms with Crippen LogP contribution in [0, 0.1) is 5.82 Å². The number of nitrogens with one attached hydrogen (secondary N) is 2. The first-order valence-corrected chi connectivity index (χ1v) is 7.62. The molecule has 0 spiro atoms. The first kappa shape index (κ1) is 16.9. The summed E-state index contributed by atoms with van der Waals surface area (Å²) in [5.74, 6) is 0.447. The van der Waals surface area contributed by atoms with E-state index in [9.17, 15) is 4.39 Å². The molecule has 0 atom stereocenters. The third-order valence-electron chi connectivity index (χ3n) is 2.89. The van der Waals surface area contributed by atoms with Gasteiger partial charge in [0.15, 0.2) is 5.11 Å². The predicted molar refractivity (Wildman–Crippen MR) is 94.2 cm³/mol. The molecular weight excluding hydrogens is 313 g/mol. The van der Waals surface area contributed by atoms with Gasteiger partial charge in [-0.1, -0.05) is 12.1 Å². The number of hydrogen-bond acceptors (Lipinski definition) is 3. The fraction of sp³-hybridized carbons (Fsp3) is 0.176. The van der Waals surface area contributed by atoms with Crippen molar-refractivity contribution >= 4 is 23.5 Å². The summed E-state index contributed by atoms with van der Waals surface area (Å²) in [6.07, 6.45) is 1.67. The Balaban J connectivity index is 1.84. The lowest BCUT2D eigenvalue weighted by atomic mass is 10.2. The fourth-order valence-corrected chi connectivity index (χ4v) is 2.01. The van der Waals surface area contributed by atoms with E-state index in [1.54, 1.807) is 12.3 Å². The van der Waals surface area contributed by atoms with E-state index in [2.05, 4.69) is 15.8 Å². The van der Waals surface area contributed by atoms with E-state index in [1.165, 1.54) is 12.1 Å². The van der Waals surface area contributed by atoms with E-state index in [1.807, 2.05) is 37.3 Å². The van der Waals surface area contributed by atoms with Gasteiger partial charge in [-0.25, -0.2) is 4.39 Å². The summed E-state index contributed by atoms with van der Waals surface area (Å²) in [5, 5.41) is 7.45. The van der Waals surface area contributed by atoms with E-state index in [0.29, 0.717) is 17.5 Å². The van der Waals surface area contributed by atoms with Crippen LogP contribution in [0.2, 0.25) is 0 Å². The van der Waals surface area contributed by atoms with Crippen LogP contribution in [-0.4, -0.2) is 17.9 Å². The van der Waals surface area contributed by atoms with Gasteiger partial charge < -0.3 is 10.1 Å². The molecule has 0 heterocycles. The molecule has 0 radical (unpaired) electrons. The zero-order valence-electron chi connectivity index (χ0n) is 12.8. The van der Waals surface area contributed by atoms with Gasteiger partial charge >= 0.3 is 0 Å². The van der Waals surface area contributed by atoms with Crippen LogP contribution in [0.3, 0.4) is 0 Å². The minimum Gasteiger partial charge on any atom is -0.489 e. The third kappa shape index (κ3) is 6.04. The maximum absolute atomic E-state index is 13.1. The Bertz CT molecular complexity index is 674. The third-order valence-corrected chi connectivity index (χ3v) is 3.13. The Hall–Kier alpha value is -2.47. The second-order valence-corrected chi connectivity index (χ2v) is 5.13. The summed E-state index contributed by atoms with van der Waals surface area (Å²) in [7, 11) is 0. The molecular formula is C17H18FN3OS. The van der Waals surface area contributed by atoms with Gasteiger partial charge in [0.25, 0.3) is 0 Å². The van der Waals surface area contributed by atoms with Crippen LogP contribution in [0.25, 0.3) is 0 Å². The van der Waals surface area contributed by atoms with Crippen molar-refractivity contribution in [3.63, 3.8) is 0 Å². The molecule has 2 aromatic rings. The summed E-state index contributed by atoms with van der Waals surface area (Å²) in [4.78, 5) is 0. The highest BCUT2D eigenvalue weighted by Crippen LogP contribution is 2.14. The Morgan fingerprint density at radius 2 is 2.04 bits per heavy atom. The van der Waals surface area contributed by atoms with Gasteiger partial charge in [0, 0.05) is 6.54 Å². The van der Waals surface area contributed by atoms with E-state index < -0.39 is 0 Å². The molecule has 6 heteroatoms. The molecule has 23 heavy (non-hydrogen) atoms. The highest BCUT2D eigenvalue weighted by Gasteiger charge is 1.98. The van der Waals surface area contributed by atoms with Crippen molar-refractivity contribution in [2.24, 2.45) is 5.10 Å². The Morgan fingerprint density at radius 1 is 1.26 bits per heavy atom. The average molecular weight is 331 g/mol. The van der Waals surface area contributed by atoms with Gasteiger partial charge in [-0.2, -0.15) is 5.10 Å². The summed E-state index contributed by atoms with van der Waals surface area (Å²) in [5.41, 5.74) is 4.42. The molecule has 2 rings (SSSR count). The zero-order chi connectivity index (χ0) is 16.5. The number of halogens is 1. The monoisotopic (exact) mass is 331 g/mol. The number of hydrazone groups is 1. The minimum atomic E-state index is -0.263. The first-order valence-electron chi connectivity index (χ1n) is 7.21. The number of hydrogen-bond donors (Lipinski definition) is 2. The van der Waals surface area contributed by atoms with Crippen LogP contribution in [0.1, 0.15) is 18.1 Å². The number of thiocarbonyl (C=S) groups is 1. The molecule has 2 N–H and O–H groups in total. The number of nitrogens with zero attached hydrogens (tertiary/aromatic N) is 1. The predicted octanol–water partition coefficient (Wildman–Crippen LogP) is 3.22. The van der Waals surface area contributed by atoms with E-state index >= 15 is 0 Å². The van der Waals surface area contributed by atoms with Crippen molar-refractivity contribution in [3.8, 4) is 5.75 Å². The fourth-order valence-electron chi connectivity index (χ4n) is 1.81. The van der Waals surface area contributed by atoms with Gasteiger partial charge in [0.2, 0.25) is 0 Å². The summed E-state index contributed by atoms with van der Waals surface area (Å²) in [6, 6.07) is 13.8. The van der Waals surface area contributed by atoms with Crippen LogP contribution in [0.15, 0.2) is 53.6 Å². The lowest BCUT2D eigenvalue weighted by molar-refractivity contribution is 0.305. The number of ether oxygens (including phenoxy) is 1. The van der Waals surface area contributed by atoms with E-state index in [-0.39, 0.29) is 5.82 Å². The molecule has 0 unspecified atom stereocenters. The lowest BCUT2D eigenvalue weighted by Gasteiger charge is -2.06. The van der Waals surface area contributed by atoms with Crippen LogP contribution in [0.5, 0.6) is 5.75 Å². The quantitative estimate of drug-likeness (QED) is 0.485. The van der Waals surface area contributed by atoms with Crippen molar-refractivity contribution in [1.29, 1.82) is 0 Å². The Kier molecular flexibility index (Phi) is 6.50. The van der Waals surface area contributed by atoms with Crippen LogP contribution in [-0.2, 0) is 6.61 Å². The highest BCUT2D eigenvalue weighted by molar-refractivity contribution is 7.80. The zero-order valence-corrected chi connectivity index (χ0v) is 13.6. The standard InChI is InChI=1S/C17H18FN3OS/c1-2-19-17(23)21-20-11-13-6-8-16(9-7-13)22-12-14-4-3-5-15(18)10-14/h3-11H,2,12H2,1H3,(H2,19,21,23). The van der Waals surface area contributed by atoms with Crippen molar-refractivity contribution in [3.05, 3.63) is 65.5 Å². The number of benzene rings is 2. The average Bonchev–Trinajstić information content (AvgIpc) is 2.54. The molecule has 4 nitrogen and oxygen atoms in total. The Labute approximate surface area is 140 Å². The van der Waals surface area contributed by atoms with Crippen LogP contribution >= 0.6 is 12.2 Å². The van der Waals surface area contributed by atoms with Crippen LogP contribution in [0.4, 0.5) is 4.39 Å². The maximum atomic E-state index is 13.1. The Morgan fingerprint density at radius 3 is 2.74 bits per heavy atom. The second kappa shape index (κ2) is 8.85. The maximum Gasteiger partial charge on any atom is 0.186 e. The molecule has 2 aromatic carbocycles. The van der Waals surface area contributed by atoms with Crippen molar-refractivity contribution in [1.82, 2.24) is 10.7 Å².